The van der Waals surface area contributed by atoms with E-state index in [2.05, 4.69) is 25.5 Å². The van der Waals surface area contributed by atoms with Crippen molar-refractivity contribution >= 4 is 44.8 Å². The van der Waals surface area contributed by atoms with Gasteiger partial charge in [-0.2, -0.15) is 5.10 Å². The molecule has 5 aromatic rings. The van der Waals surface area contributed by atoms with Crippen LogP contribution < -0.4 is 16.5 Å². The first-order chi connectivity index (χ1) is 17.9. The van der Waals surface area contributed by atoms with Crippen molar-refractivity contribution in [2.75, 3.05) is 17.7 Å². The Kier molecular flexibility index (Phi) is 6.22. The van der Waals surface area contributed by atoms with Crippen LogP contribution in [0.3, 0.4) is 0 Å². The van der Waals surface area contributed by atoms with Gasteiger partial charge < -0.3 is 15.5 Å². The van der Waals surface area contributed by atoms with Crippen molar-refractivity contribution in [2.45, 2.75) is 19.9 Å². The van der Waals surface area contributed by atoms with E-state index in [1.165, 1.54) is 12.4 Å². The Morgan fingerprint density at radius 2 is 2.00 bits per heavy atom. The summed E-state index contributed by atoms with van der Waals surface area (Å²) in [4.78, 5) is 21.8. The van der Waals surface area contributed by atoms with Crippen molar-refractivity contribution in [3.8, 4) is 0 Å². The molecule has 1 unspecified atom stereocenters. The molecule has 5 N–H and O–H groups in total. The van der Waals surface area contributed by atoms with Gasteiger partial charge in [-0.3, -0.25) is 15.3 Å². The molecule has 0 saturated heterocycles. The number of hydrogen-bond acceptors (Lipinski definition) is 8. The highest BCUT2D eigenvalue weighted by Crippen LogP contribution is 2.31. The number of fused-ring (bicyclic) bond motifs is 2. The van der Waals surface area contributed by atoms with Crippen molar-refractivity contribution in [1.82, 2.24) is 20.2 Å². The van der Waals surface area contributed by atoms with E-state index in [-0.39, 0.29) is 22.5 Å². The highest BCUT2D eigenvalue weighted by atomic mass is 19.1. The van der Waals surface area contributed by atoms with Crippen molar-refractivity contribution in [1.29, 1.82) is 5.41 Å². The highest BCUT2D eigenvalue weighted by Gasteiger charge is 2.24. The molecule has 10 heteroatoms. The van der Waals surface area contributed by atoms with Crippen molar-refractivity contribution in [3.05, 3.63) is 93.7 Å². The number of hydrogen-bond donors (Lipinski definition) is 4. The lowest BCUT2D eigenvalue weighted by atomic mass is 9.98. The van der Waals surface area contributed by atoms with Crippen LogP contribution in [0.4, 0.5) is 16.0 Å². The molecule has 0 bridgehead atoms. The van der Waals surface area contributed by atoms with Crippen molar-refractivity contribution < 1.29 is 8.81 Å². The van der Waals surface area contributed by atoms with Crippen LogP contribution in [0.5, 0.6) is 0 Å². The van der Waals surface area contributed by atoms with Crippen LogP contribution in [0.25, 0.3) is 27.4 Å². The standard InChI is InChI=1S/C27H24FN7O2/c1-14(10-11-28)21-24(36)17-6-3-4-9-20(17)37-25(21)15(2)34-27-22(26(30)31-13-32-27)23(29)16-7-5-8-19-18(16)12-33-35-19/h3-10,12-13,15,29H,11H2,1-2H3,(H,33,35)(H3,30,31,32,34)/b14-10+,29-23?. The molecule has 0 aliphatic carbocycles. The van der Waals surface area contributed by atoms with Crippen LogP contribution in [-0.4, -0.2) is 32.6 Å². The molecule has 3 heterocycles. The fourth-order valence-corrected chi connectivity index (χ4v) is 4.40. The molecule has 0 saturated carbocycles. The van der Waals surface area contributed by atoms with Crippen LogP contribution >= 0.6 is 0 Å². The molecule has 1 atom stereocenters. The third-order valence-electron chi connectivity index (χ3n) is 6.23. The fourth-order valence-electron chi connectivity index (χ4n) is 4.40. The first-order valence-corrected chi connectivity index (χ1v) is 11.6. The maximum Gasteiger partial charge on any atom is 0.200 e. The Balaban J connectivity index is 1.62. The van der Waals surface area contributed by atoms with Gasteiger partial charge in [0.1, 0.15) is 36.0 Å². The largest absolute Gasteiger partial charge is 0.458 e. The SMILES string of the molecule is C/C(=C\CF)c1c(C(C)Nc2ncnc(N)c2C(=N)c2cccc3[nH]ncc23)oc2ccccc2c1=O. The molecule has 9 nitrogen and oxygen atoms in total. The number of anilines is 2. The highest BCUT2D eigenvalue weighted by molar-refractivity contribution is 6.21. The quantitative estimate of drug-likeness (QED) is 0.231. The summed E-state index contributed by atoms with van der Waals surface area (Å²) < 4.78 is 19.4. The number of alkyl halides is 1. The van der Waals surface area contributed by atoms with Gasteiger partial charge in [-0.25, -0.2) is 14.4 Å². The van der Waals surface area contributed by atoms with Gasteiger partial charge in [0.15, 0.2) is 0 Å². The first-order valence-electron chi connectivity index (χ1n) is 11.6. The minimum absolute atomic E-state index is 0.105. The van der Waals surface area contributed by atoms with E-state index in [1.807, 2.05) is 12.1 Å². The number of benzene rings is 2. The number of nitrogen functional groups attached to an aromatic ring is 1. The molecule has 2 aromatic carbocycles. The second-order valence-corrected chi connectivity index (χ2v) is 8.57. The van der Waals surface area contributed by atoms with E-state index in [1.54, 1.807) is 50.4 Å². The summed E-state index contributed by atoms with van der Waals surface area (Å²) in [5.74, 6) is 0.723. The molecule has 186 valence electrons. The molecule has 0 aliphatic rings. The molecular weight excluding hydrogens is 473 g/mol. The van der Waals surface area contributed by atoms with Gasteiger partial charge in [-0.1, -0.05) is 24.3 Å². The lowest BCUT2D eigenvalue weighted by Crippen LogP contribution is -2.20. The zero-order chi connectivity index (χ0) is 26.1. The first kappa shape index (κ1) is 23.9. The molecule has 0 aliphatic heterocycles. The van der Waals surface area contributed by atoms with Gasteiger partial charge in [0.05, 0.1) is 40.0 Å². The lowest BCUT2D eigenvalue weighted by molar-refractivity contribution is 0.510. The Bertz CT molecular complexity index is 1740. The summed E-state index contributed by atoms with van der Waals surface area (Å²) in [6, 6.07) is 11.8. The van der Waals surface area contributed by atoms with E-state index in [0.29, 0.717) is 39.2 Å². The second-order valence-electron chi connectivity index (χ2n) is 8.57. The molecule has 3 aromatic heterocycles. The van der Waals surface area contributed by atoms with Gasteiger partial charge >= 0.3 is 0 Å². The number of rotatable bonds is 7. The second kappa shape index (κ2) is 9.65. The third kappa shape index (κ3) is 4.22. The molecule has 0 amide bonds. The van der Waals surface area contributed by atoms with Gasteiger partial charge in [-0.05, 0) is 43.7 Å². The predicted octanol–water partition coefficient (Wildman–Crippen LogP) is 5.00. The van der Waals surface area contributed by atoms with Crippen molar-refractivity contribution in [2.24, 2.45) is 0 Å². The molecular formula is C27H24FN7O2. The summed E-state index contributed by atoms with van der Waals surface area (Å²) in [5, 5.41) is 20.3. The number of halogens is 1. The summed E-state index contributed by atoms with van der Waals surface area (Å²) in [7, 11) is 0. The van der Waals surface area contributed by atoms with Crippen LogP contribution in [-0.2, 0) is 0 Å². The Morgan fingerprint density at radius 1 is 1.19 bits per heavy atom. The van der Waals surface area contributed by atoms with Crippen LogP contribution in [0, 0.1) is 5.41 Å². The zero-order valence-electron chi connectivity index (χ0n) is 20.2. The number of nitrogens with one attached hydrogen (secondary N) is 3. The zero-order valence-corrected chi connectivity index (χ0v) is 20.2. The average molecular weight is 498 g/mol. The monoisotopic (exact) mass is 497 g/mol. The van der Waals surface area contributed by atoms with E-state index >= 15 is 0 Å². The van der Waals surface area contributed by atoms with Gasteiger partial charge in [0, 0.05) is 10.9 Å². The van der Waals surface area contributed by atoms with Crippen LogP contribution in [0.2, 0.25) is 0 Å². The number of para-hydroxylation sites is 1. The lowest BCUT2D eigenvalue weighted by Gasteiger charge is -2.20. The number of allylic oxidation sites excluding steroid dienone is 2. The molecule has 37 heavy (non-hydrogen) atoms. The topological polar surface area (TPSA) is 147 Å². The number of aromatic nitrogens is 4. The number of nitrogens with zero attached hydrogens (tertiary/aromatic N) is 3. The summed E-state index contributed by atoms with van der Waals surface area (Å²) in [5.41, 5.74) is 8.90. The summed E-state index contributed by atoms with van der Waals surface area (Å²) >= 11 is 0. The third-order valence-corrected chi connectivity index (χ3v) is 6.23. The molecule has 0 fully saturated rings. The van der Waals surface area contributed by atoms with Crippen molar-refractivity contribution in [3.63, 3.8) is 0 Å². The number of H-pyrrole nitrogens is 1. The smallest absolute Gasteiger partial charge is 0.200 e. The summed E-state index contributed by atoms with van der Waals surface area (Å²) in [6.45, 7) is 2.75. The minimum atomic E-state index is -0.720. The molecule has 5 rings (SSSR count). The predicted molar refractivity (Wildman–Crippen MR) is 143 cm³/mol. The van der Waals surface area contributed by atoms with Crippen LogP contribution in [0.15, 0.2) is 70.3 Å². The van der Waals surface area contributed by atoms with Crippen LogP contribution in [0.1, 0.15) is 42.3 Å². The fraction of sp³-hybridized carbons (Fsp3) is 0.148. The molecule has 0 spiro atoms. The Hall–Kier alpha value is -4.86. The normalized spacial score (nSPS) is 12.7. The van der Waals surface area contributed by atoms with E-state index < -0.39 is 12.7 Å². The number of aromatic amines is 1. The molecule has 0 radical (unpaired) electrons. The maximum absolute atomic E-state index is 13.4. The summed E-state index contributed by atoms with van der Waals surface area (Å²) in [6.07, 6.45) is 4.28. The minimum Gasteiger partial charge on any atom is -0.458 e. The van der Waals surface area contributed by atoms with E-state index in [0.717, 1.165) is 10.9 Å². The van der Waals surface area contributed by atoms with E-state index in [4.69, 9.17) is 15.6 Å². The van der Waals surface area contributed by atoms with E-state index in [9.17, 15) is 9.18 Å². The average Bonchev–Trinajstić information content (AvgIpc) is 3.37. The van der Waals surface area contributed by atoms with Gasteiger partial charge in [0.25, 0.3) is 0 Å². The Morgan fingerprint density at radius 3 is 2.81 bits per heavy atom. The Labute approximate surface area is 210 Å². The number of nitrogens with two attached hydrogens (primary N) is 1. The van der Waals surface area contributed by atoms with Gasteiger partial charge in [-0.15, -0.1) is 0 Å². The van der Waals surface area contributed by atoms with Gasteiger partial charge in [0.2, 0.25) is 5.43 Å². The maximum atomic E-state index is 13.4.